The Morgan fingerprint density at radius 1 is 1.50 bits per heavy atom. The van der Waals surface area contributed by atoms with Gasteiger partial charge in [0.25, 0.3) is 0 Å². The van der Waals surface area contributed by atoms with E-state index in [9.17, 15) is 4.79 Å². The first-order chi connectivity index (χ1) is 8.47. The molecule has 0 bridgehead atoms. The number of amides is 1. The first kappa shape index (κ1) is 13.2. The summed E-state index contributed by atoms with van der Waals surface area (Å²) in [6, 6.07) is 6.95. The zero-order chi connectivity index (χ0) is 13.3. The molecule has 3 nitrogen and oxygen atoms in total. The Bertz CT molecular complexity index is 530. The van der Waals surface area contributed by atoms with Crippen molar-refractivity contribution in [2.45, 2.75) is 19.8 Å². The van der Waals surface area contributed by atoms with Crippen LogP contribution in [0.4, 0.5) is 5.69 Å². The summed E-state index contributed by atoms with van der Waals surface area (Å²) in [6.45, 7) is 2.03. The van der Waals surface area contributed by atoms with Gasteiger partial charge in [-0.1, -0.05) is 30.1 Å². The van der Waals surface area contributed by atoms with Crippen LogP contribution in [0.25, 0.3) is 0 Å². The van der Waals surface area contributed by atoms with E-state index >= 15 is 0 Å². The molecule has 0 aromatic heterocycles. The van der Waals surface area contributed by atoms with Crippen molar-refractivity contribution >= 4 is 34.8 Å². The molecule has 1 saturated carbocycles. The van der Waals surface area contributed by atoms with Crippen molar-refractivity contribution < 1.29 is 4.79 Å². The van der Waals surface area contributed by atoms with Gasteiger partial charge in [-0.25, -0.2) is 0 Å². The van der Waals surface area contributed by atoms with Gasteiger partial charge in [-0.3, -0.25) is 4.79 Å². The molecule has 0 spiro atoms. The second-order valence-corrected chi connectivity index (χ2v) is 5.63. The second kappa shape index (κ2) is 4.79. The third-order valence-electron chi connectivity index (χ3n) is 3.22. The molecule has 1 fully saturated rings. The van der Waals surface area contributed by atoms with Crippen LogP contribution in [0.15, 0.2) is 18.2 Å². The summed E-state index contributed by atoms with van der Waals surface area (Å²) in [4.78, 5) is 12.1. The normalized spacial score (nSPS) is 26.0. The molecular weight excluding hydrogens is 271 g/mol. The molecule has 0 heterocycles. The van der Waals surface area contributed by atoms with E-state index in [1.54, 1.807) is 18.2 Å². The number of hydrogen-bond donors (Lipinski definition) is 1. The van der Waals surface area contributed by atoms with E-state index in [2.05, 4.69) is 11.4 Å². The minimum atomic E-state index is -0.900. The molecule has 1 aliphatic carbocycles. The van der Waals surface area contributed by atoms with Gasteiger partial charge in [0.2, 0.25) is 5.91 Å². The largest absolute Gasteiger partial charge is 0.323 e. The first-order valence-corrected chi connectivity index (χ1v) is 6.40. The maximum Gasteiger partial charge on any atom is 0.244 e. The van der Waals surface area contributed by atoms with Crippen LogP contribution < -0.4 is 5.32 Å². The van der Waals surface area contributed by atoms with Crippen LogP contribution >= 0.6 is 23.2 Å². The molecule has 1 aromatic carbocycles. The molecule has 5 heteroatoms. The number of carbonyl (C=O) groups excluding carboxylic acids is 1. The minimum absolute atomic E-state index is 0.285. The van der Waals surface area contributed by atoms with E-state index in [0.29, 0.717) is 34.5 Å². The number of halogens is 2. The third-order valence-corrected chi connectivity index (χ3v) is 3.77. The molecule has 0 aliphatic heterocycles. The lowest BCUT2D eigenvalue weighted by atomic mass is 9.63. The van der Waals surface area contributed by atoms with Gasteiger partial charge in [0, 0.05) is 5.02 Å². The average Bonchev–Trinajstić information content (AvgIpc) is 2.28. The first-order valence-electron chi connectivity index (χ1n) is 5.64. The van der Waals surface area contributed by atoms with Crippen molar-refractivity contribution in [2.75, 3.05) is 5.32 Å². The van der Waals surface area contributed by atoms with Crippen LogP contribution in [0.2, 0.25) is 10.0 Å². The van der Waals surface area contributed by atoms with E-state index in [1.165, 1.54) is 0 Å². The molecule has 1 N–H and O–H groups in total. The molecule has 1 aromatic rings. The van der Waals surface area contributed by atoms with Gasteiger partial charge in [0.05, 0.1) is 16.8 Å². The van der Waals surface area contributed by atoms with Crippen molar-refractivity contribution in [3.8, 4) is 6.07 Å². The van der Waals surface area contributed by atoms with Crippen LogP contribution in [-0.4, -0.2) is 5.91 Å². The Labute approximate surface area is 116 Å². The highest BCUT2D eigenvalue weighted by atomic mass is 35.5. The van der Waals surface area contributed by atoms with Crippen LogP contribution in [0.1, 0.15) is 19.8 Å². The molecule has 0 saturated heterocycles. The fraction of sp³-hybridized carbons (Fsp3) is 0.385. The Morgan fingerprint density at radius 2 is 2.17 bits per heavy atom. The lowest BCUT2D eigenvalue weighted by Crippen LogP contribution is -2.45. The summed E-state index contributed by atoms with van der Waals surface area (Å²) in [5.41, 5.74) is -0.414. The van der Waals surface area contributed by atoms with Crippen LogP contribution in [0, 0.1) is 22.7 Å². The van der Waals surface area contributed by atoms with Gasteiger partial charge in [-0.05, 0) is 37.0 Å². The molecule has 1 amide bonds. The Kier molecular flexibility index (Phi) is 3.52. The predicted octanol–water partition coefficient (Wildman–Crippen LogP) is 3.87. The SMILES string of the molecule is CC1CC(C#N)(C(=O)Nc2ccc(Cl)cc2Cl)C1. The molecule has 0 unspecified atom stereocenters. The minimum Gasteiger partial charge on any atom is -0.323 e. The number of nitriles is 1. The molecule has 18 heavy (non-hydrogen) atoms. The van der Waals surface area contributed by atoms with Crippen molar-refractivity contribution in [2.24, 2.45) is 11.3 Å². The van der Waals surface area contributed by atoms with Crippen molar-refractivity contribution in [3.05, 3.63) is 28.2 Å². The predicted molar refractivity (Wildman–Crippen MR) is 71.5 cm³/mol. The Hall–Kier alpha value is -1.24. The van der Waals surface area contributed by atoms with Crippen molar-refractivity contribution in [1.29, 1.82) is 5.26 Å². The van der Waals surface area contributed by atoms with E-state index in [0.717, 1.165) is 0 Å². The van der Waals surface area contributed by atoms with E-state index in [4.69, 9.17) is 28.5 Å². The average molecular weight is 283 g/mol. The number of nitrogens with zero attached hydrogens (tertiary/aromatic N) is 1. The van der Waals surface area contributed by atoms with Crippen LogP contribution in [0.3, 0.4) is 0 Å². The Morgan fingerprint density at radius 3 is 2.67 bits per heavy atom. The molecule has 0 radical (unpaired) electrons. The summed E-state index contributed by atoms with van der Waals surface area (Å²) in [5.74, 6) is 0.128. The van der Waals surface area contributed by atoms with Crippen LogP contribution in [0.5, 0.6) is 0 Å². The smallest absolute Gasteiger partial charge is 0.244 e. The van der Waals surface area contributed by atoms with Gasteiger partial charge >= 0.3 is 0 Å². The van der Waals surface area contributed by atoms with Gasteiger partial charge in [0.15, 0.2) is 0 Å². The summed E-state index contributed by atoms with van der Waals surface area (Å²) in [6.07, 6.45) is 1.20. The summed E-state index contributed by atoms with van der Waals surface area (Å²) in [7, 11) is 0. The number of rotatable bonds is 2. The second-order valence-electron chi connectivity index (χ2n) is 4.79. The van der Waals surface area contributed by atoms with Gasteiger partial charge in [0.1, 0.15) is 5.41 Å². The summed E-state index contributed by atoms with van der Waals surface area (Å²) >= 11 is 11.8. The zero-order valence-corrected chi connectivity index (χ0v) is 11.3. The maximum absolute atomic E-state index is 12.1. The molecule has 1 aliphatic rings. The number of hydrogen-bond acceptors (Lipinski definition) is 2. The molecule has 2 rings (SSSR count). The molecule has 0 atom stereocenters. The van der Waals surface area contributed by atoms with Gasteiger partial charge in [-0.15, -0.1) is 0 Å². The van der Waals surface area contributed by atoms with E-state index in [1.807, 2.05) is 6.92 Å². The topological polar surface area (TPSA) is 52.9 Å². The molecule has 94 valence electrons. The van der Waals surface area contributed by atoms with Gasteiger partial charge in [-0.2, -0.15) is 5.26 Å². The Balaban J connectivity index is 2.15. The quantitative estimate of drug-likeness (QED) is 0.895. The lowest BCUT2D eigenvalue weighted by Gasteiger charge is -2.39. The monoisotopic (exact) mass is 282 g/mol. The fourth-order valence-electron chi connectivity index (χ4n) is 2.29. The van der Waals surface area contributed by atoms with E-state index in [-0.39, 0.29) is 5.91 Å². The fourth-order valence-corrected chi connectivity index (χ4v) is 2.75. The number of carbonyl (C=O) groups is 1. The standard InChI is InChI=1S/C13H12Cl2N2O/c1-8-5-13(6-8,7-16)12(18)17-11-3-2-9(14)4-10(11)15/h2-4,8H,5-6H2,1H3,(H,17,18). The van der Waals surface area contributed by atoms with E-state index < -0.39 is 5.41 Å². The highest BCUT2D eigenvalue weighted by Gasteiger charge is 2.49. The zero-order valence-electron chi connectivity index (χ0n) is 9.84. The van der Waals surface area contributed by atoms with Crippen molar-refractivity contribution in [1.82, 2.24) is 0 Å². The number of nitrogens with one attached hydrogen (secondary N) is 1. The van der Waals surface area contributed by atoms with Crippen molar-refractivity contribution in [3.63, 3.8) is 0 Å². The van der Waals surface area contributed by atoms with Gasteiger partial charge < -0.3 is 5.32 Å². The highest BCUT2D eigenvalue weighted by molar-refractivity contribution is 6.36. The maximum atomic E-state index is 12.1. The summed E-state index contributed by atoms with van der Waals surface area (Å²) < 4.78 is 0. The molecular formula is C13H12Cl2N2O. The highest BCUT2D eigenvalue weighted by Crippen LogP contribution is 2.45. The lowest BCUT2D eigenvalue weighted by molar-refractivity contribution is -0.128. The van der Waals surface area contributed by atoms with Crippen LogP contribution in [-0.2, 0) is 4.79 Å². The third kappa shape index (κ3) is 2.31. The number of benzene rings is 1. The number of anilines is 1. The summed E-state index contributed by atoms with van der Waals surface area (Å²) in [5, 5.41) is 12.7.